The number of hydrogen-bond donors (Lipinski definition) is 1. The fraction of sp³-hybridized carbons (Fsp3) is 0.318. The molecule has 0 spiro atoms. The molecule has 4 rings (SSSR count). The molecule has 0 unspecified atom stereocenters. The number of piperazine rings is 1. The first-order chi connectivity index (χ1) is 14.0. The van der Waals surface area contributed by atoms with E-state index in [2.05, 4.69) is 39.4 Å². The Hall–Kier alpha value is -3.19. The number of aryl methyl sites for hydroxylation is 2. The third kappa shape index (κ3) is 4.14. The van der Waals surface area contributed by atoms with Crippen molar-refractivity contribution in [2.75, 3.05) is 31.1 Å². The average Bonchev–Trinajstić information content (AvgIpc) is 3.17. The van der Waals surface area contributed by atoms with Crippen molar-refractivity contribution in [2.24, 2.45) is 0 Å². The molecule has 1 fully saturated rings. The molecule has 3 aromatic rings. The van der Waals surface area contributed by atoms with Crippen LogP contribution in [0.5, 0.6) is 0 Å². The summed E-state index contributed by atoms with van der Waals surface area (Å²) in [5.74, 6) is -0.610. The summed E-state index contributed by atoms with van der Waals surface area (Å²) in [4.78, 5) is 17.7. The SMILES string of the molecule is Cc1ccc(C)c(-n2nc(C(=O)O)c(N3CCN(Cc4ccccc4)CC3)n2)c1. The number of aromatic nitrogens is 3. The van der Waals surface area contributed by atoms with Gasteiger partial charge in [-0.3, -0.25) is 4.90 Å². The minimum absolute atomic E-state index is 0.00224. The van der Waals surface area contributed by atoms with Crippen molar-refractivity contribution in [3.8, 4) is 5.69 Å². The molecule has 0 bridgehead atoms. The zero-order valence-electron chi connectivity index (χ0n) is 16.7. The van der Waals surface area contributed by atoms with Gasteiger partial charge >= 0.3 is 5.97 Å². The third-order valence-corrected chi connectivity index (χ3v) is 5.30. The van der Waals surface area contributed by atoms with Crippen molar-refractivity contribution in [1.82, 2.24) is 19.9 Å². The molecule has 1 aliphatic rings. The van der Waals surface area contributed by atoms with Crippen LogP contribution < -0.4 is 4.90 Å². The van der Waals surface area contributed by atoms with E-state index in [-0.39, 0.29) is 5.69 Å². The van der Waals surface area contributed by atoms with Crippen LogP contribution in [0.25, 0.3) is 5.69 Å². The van der Waals surface area contributed by atoms with Gasteiger partial charge < -0.3 is 10.0 Å². The van der Waals surface area contributed by atoms with E-state index in [1.165, 1.54) is 10.4 Å². The van der Waals surface area contributed by atoms with Gasteiger partial charge in [0.25, 0.3) is 0 Å². The largest absolute Gasteiger partial charge is 0.476 e. The van der Waals surface area contributed by atoms with Gasteiger partial charge in [0.15, 0.2) is 5.82 Å². The molecule has 0 saturated carbocycles. The van der Waals surface area contributed by atoms with Gasteiger partial charge in [-0.25, -0.2) is 4.79 Å². The monoisotopic (exact) mass is 391 g/mol. The lowest BCUT2D eigenvalue weighted by Gasteiger charge is -2.34. The maximum absolute atomic E-state index is 11.8. The summed E-state index contributed by atoms with van der Waals surface area (Å²) in [5.41, 5.74) is 4.18. The summed E-state index contributed by atoms with van der Waals surface area (Å²) in [5, 5.41) is 18.5. The van der Waals surface area contributed by atoms with E-state index in [0.717, 1.165) is 49.5 Å². The molecule has 0 aliphatic carbocycles. The van der Waals surface area contributed by atoms with E-state index in [4.69, 9.17) is 0 Å². The molecule has 0 atom stereocenters. The average molecular weight is 391 g/mol. The lowest BCUT2D eigenvalue weighted by atomic mass is 10.1. The van der Waals surface area contributed by atoms with Crippen molar-refractivity contribution < 1.29 is 9.90 Å². The number of aromatic carboxylic acids is 1. The van der Waals surface area contributed by atoms with Crippen LogP contribution in [0.15, 0.2) is 48.5 Å². The number of carboxylic acids is 1. The van der Waals surface area contributed by atoms with Crippen LogP contribution in [0, 0.1) is 13.8 Å². The molecule has 0 amide bonds. The molecule has 7 nitrogen and oxygen atoms in total. The van der Waals surface area contributed by atoms with Gasteiger partial charge in [-0.2, -0.15) is 0 Å². The van der Waals surface area contributed by atoms with E-state index < -0.39 is 5.97 Å². The van der Waals surface area contributed by atoms with E-state index in [0.29, 0.717) is 5.82 Å². The lowest BCUT2D eigenvalue weighted by molar-refractivity contribution is 0.0690. The predicted octanol–water partition coefficient (Wildman–Crippen LogP) is 2.90. The van der Waals surface area contributed by atoms with Gasteiger partial charge in [-0.05, 0) is 36.6 Å². The topological polar surface area (TPSA) is 74.5 Å². The molecular weight excluding hydrogens is 366 g/mol. The van der Waals surface area contributed by atoms with Crippen LogP contribution in [0.1, 0.15) is 27.2 Å². The minimum atomic E-state index is -1.05. The highest BCUT2D eigenvalue weighted by Gasteiger charge is 2.27. The van der Waals surface area contributed by atoms with E-state index >= 15 is 0 Å². The Morgan fingerprint density at radius 2 is 1.72 bits per heavy atom. The van der Waals surface area contributed by atoms with Gasteiger partial charge in [-0.15, -0.1) is 15.0 Å². The van der Waals surface area contributed by atoms with E-state index in [1.807, 2.05) is 43.0 Å². The number of carbonyl (C=O) groups is 1. The van der Waals surface area contributed by atoms with Crippen molar-refractivity contribution >= 4 is 11.8 Å². The Balaban J connectivity index is 1.53. The maximum atomic E-state index is 11.8. The normalized spacial score (nSPS) is 14.9. The molecule has 0 radical (unpaired) electrons. The third-order valence-electron chi connectivity index (χ3n) is 5.30. The molecule has 29 heavy (non-hydrogen) atoms. The first-order valence-corrected chi connectivity index (χ1v) is 9.81. The molecule has 2 aromatic carbocycles. The van der Waals surface area contributed by atoms with E-state index in [1.54, 1.807) is 0 Å². The molecular formula is C22H25N5O2. The Morgan fingerprint density at radius 1 is 1.00 bits per heavy atom. The zero-order valence-corrected chi connectivity index (χ0v) is 16.7. The lowest BCUT2D eigenvalue weighted by Crippen LogP contribution is -2.46. The fourth-order valence-corrected chi connectivity index (χ4v) is 3.65. The van der Waals surface area contributed by atoms with Crippen molar-refractivity contribution in [2.45, 2.75) is 20.4 Å². The van der Waals surface area contributed by atoms with E-state index in [9.17, 15) is 9.90 Å². The van der Waals surface area contributed by atoms with Crippen LogP contribution in [0.2, 0.25) is 0 Å². The first-order valence-electron chi connectivity index (χ1n) is 9.81. The zero-order chi connectivity index (χ0) is 20.4. The highest BCUT2D eigenvalue weighted by atomic mass is 16.4. The first kappa shape index (κ1) is 19.1. The summed E-state index contributed by atoms with van der Waals surface area (Å²) in [7, 11) is 0. The van der Waals surface area contributed by atoms with Gasteiger partial charge in [0, 0.05) is 32.7 Å². The van der Waals surface area contributed by atoms with Gasteiger partial charge in [0.1, 0.15) is 0 Å². The quantitative estimate of drug-likeness (QED) is 0.721. The van der Waals surface area contributed by atoms with Crippen LogP contribution >= 0.6 is 0 Å². The van der Waals surface area contributed by atoms with Crippen LogP contribution in [0.3, 0.4) is 0 Å². The highest BCUT2D eigenvalue weighted by Crippen LogP contribution is 2.22. The summed E-state index contributed by atoms with van der Waals surface area (Å²) in [6.07, 6.45) is 0. The highest BCUT2D eigenvalue weighted by molar-refractivity contribution is 5.91. The molecule has 1 N–H and O–H groups in total. The Labute approximate surface area is 170 Å². The molecule has 1 saturated heterocycles. The van der Waals surface area contributed by atoms with Crippen LogP contribution in [-0.2, 0) is 6.54 Å². The number of hydrogen-bond acceptors (Lipinski definition) is 5. The second kappa shape index (κ2) is 8.05. The Bertz CT molecular complexity index is 1010. The van der Waals surface area contributed by atoms with Gasteiger partial charge in [0.2, 0.25) is 5.69 Å². The molecule has 150 valence electrons. The number of rotatable bonds is 5. The van der Waals surface area contributed by atoms with Gasteiger partial charge in [0.05, 0.1) is 5.69 Å². The van der Waals surface area contributed by atoms with Crippen LogP contribution in [-0.4, -0.2) is 57.1 Å². The second-order valence-corrected chi connectivity index (χ2v) is 7.51. The smallest absolute Gasteiger partial charge is 0.360 e. The van der Waals surface area contributed by atoms with Crippen molar-refractivity contribution in [3.05, 3.63) is 70.9 Å². The number of nitrogens with zero attached hydrogens (tertiary/aromatic N) is 5. The standard InChI is InChI=1S/C22H25N5O2/c1-16-8-9-17(2)19(14-16)27-23-20(22(28)29)21(24-27)26-12-10-25(11-13-26)15-18-6-4-3-5-7-18/h3-9,14H,10-13,15H2,1-2H3,(H,28,29). The van der Waals surface area contributed by atoms with Crippen molar-refractivity contribution in [3.63, 3.8) is 0 Å². The maximum Gasteiger partial charge on any atom is 0.360 e. The van der Waals surface area contributed by atoms with Gasteiger partial charge in [-0.1, -0.05) is 42.5 Å². The summed E-state index contributed by atoms with van der Waals surface area (Å²) < 4.78 is 0. The summed E-state index contributed by atoms with van der Waals surface area (Å²) in [6.45, 7) is 8.01. The Morgan fingerprint density at radius 3 is 2.41 bits per heavy atom. The Kier molecular flexibility index (Phi) is 5.31. The summed E-state index contributed by atoms with van der Waals surface area (Å²) in [6, 6.07) is 16.4. The molecule has 1 aliphatic heterocycles. The fourth-order valence-electron chi connectivity index (χ4n) is 3.65. The van der Waals surface area contributed by atoms with Crippen LogP contribution in [0.4, 0.5) is 5.82 Å². The number of carboxylic acid groups (broad SMARTS) is 1. The second-order valence-electron chi connectivity index (χ2n) is 7.51. The molecule has 2 heterocycles. The minimum Gasteiger partial charge on any atom is -0.476 e. The van der Waals surface area contributed by atoms with Crippen molar-refractivity contribution in [1.29, 1.82) is 0 Å². The summed E-state index contributed by atoms with van der Waals surface area (Å²) >= 11 is 0. The number of benzene rings is 2. The predicted molar refractivity (Wildman–Crippen MR) is 112 cm³/mol. The number of anilines is 1. The molecule has 1 aromatic heterocycles. The molecule has 7 heteroatoms.